The molecule has 1 heterocycles. The summed E-state index contributed by atoms with van der Waals surface area (Å²) < 4.78 is 5.55. The zero-order valence-electron chi connectivity index (χ0n) is 12.0. The first-order valence-corrected chi connectivity index (χ1v) is 8.28. The monoisotopic (exact) mass is 264 g/mol. The molecule has 0 aromatic rings. The largest absolute Gasteiger partial charge is 0.381 e. The molecular formula is C16H28N2O. The van der Waals surface area contributed by atoms with E-state index in [4.69, 9.17) is 10.5 Å². The smallest absolute Gasteiger partial charge is 0.0484 e. The minimum Gasteiger partial charge on any atom is -0.381 e. The molecule has 5 rings (SSSR count). The van der Waals surface area contributed by atoms with E-state index in [2.05, 4.69) is 5.32 Å². The summed E-state index contributed by atoms with van der Waals surface area (Å²) in [6.07, 6.45) is 11.0. The van der Waals surface area contributed by atoms with Crippen molar-refractivity contribution < 1.29 is 4.74 Å². The third kappa shape index (κ3) is 2.14. The minimum atomic E-state index is 0.171. The van der Waals surface area contributed by atoms with Crippen LogP contribution in [0.25, 0.3) is 0 Å². The first kappa shape index (κ1) is 12.6. The molecule has 0 aromatic heterocycles. The van der Waals surface area contributed by atoms with Gasteiger partial charge in [0.2, 0.25) is 0 Å². The Hall–Kier alpha value is -0.120. The molecule has 0 spiro atoms. The highest BCUT2D eigenvalue weighted by Gasteiger charge is 2.53. The molecule has 0 aromatic carbocycles. The van der Waals surface area contributed by atoms with Crippen LogP contribution in [0.3, 0.4) is 0 Å². The van der Waals surface area contributed by atoms with Gasteiger partial charge in [0, 0.05) is 30.8 Å². The van der Waals surface area contributed by atoms with Crippen LogP contribution in [0.5, 0.6) is 0 Å². The normalized spacial score (nSPS) is 47.5. The lowest BCUT2D eigenvalue weighted by atomic mass is 9.52. The summed E-state index contributed by atoms with van der Waals surface area (Å²) in [7, 11) is 0. The van der Waals surface area contributed by atoms with E-state index in [-0.39, 0.29) is 5.54 Å². The summed E-state index contributed by atoms with van der Waals surface area (Å²) in [5, 5.41) is 4.12. The second-order valence-electron chi connectivity index (χ2n) is 7.92. The van der Waals surface area contributed by atoms with Gasteiger partial charge < -0.3 is 15.8 Å². The first-order chi connectivity index (χ1) is 9.21. The third-order valence-electron chi connectivity index (χ3n) is 6.41. The van der Waals surface area contributed by atoms with Crippen molar-refractivity contribution in [3.8, 4) is 0 Å². The van der Waals surface area contributed by atoms with E-state index < -0.39 is 0 Å². The van der Waals surface area contributed by atoms with E-state index in [0.29, 0.717) is 5.54 Å². The van der Waals surface area contributed by atoms with Crippen molar-refractivity contribution in [2.24, 2.45) is 23.5 Å². The summed E-state index contributed by atoms with van der Waals surface area (Å²) in [6, 6.07) is 0. The fourth-order valence-electron chi connectivity index (χ4n) is 5.97. The number of nitrogens with two attached hydrogens (primary N) is 1. The Kier molecular flexibility index (Phi) is 2.95. The van der Waals surface area contributed by atoms with Crippen LogP contribution in [0, 0.1) is 17.8 Å². The molecule has 4 saturated carbocycles. The molecule has 3 nitrogen and oxygen atoms in total. The number of hydrogen-bond acceptors (Lipinski definition) is 3. The molecule has 108 valence electrons. The molecule has 0 radical (unpaired) electrons. The van der Waals surface area contributed by atoms with Crippen molar-refractivity contribution >= 4 is 0 Å². The van der Waals surface area contributed by atoms with Crippen LogP contribution >= 0.6 is 0 Å². The molecule has 0 atom stereocenters. The van der Waals surface area contributed by atoms with Crippen LogP contribution in [0.4, 0.5) is 0 Å². The van der Waals surface area contributed by atoms with Crippen molar-refractivity contribution in [3.05, 3.63) is 0 Å². The van der Waals surface area contributed by atoms with Crippen LogP contribution < -0.4 is 11.1 Å². The summed E-state index contributed by atoms with van der Waals surface area (Å²) in [5.41, 5.74) is 6.76. The minimum absolute atomic E-state index is 0.171. The average molecular weight is 264 g/mol. The topological polar surface area (TPSA) is 47.3 Å². The highest BCUT2D eigenvalue weighted by atomic mass is 16.5. The number of ether oxygens (including phenoxy) is 1. The van der Waals surface area contributed by atoms with Crippen molar-refractivity contribution in [1.29, 1.82) is 0 Å². The van der Waals surface area contributed by atoms with Crippen LogP contribution in [-0.4, -0.2) is 30.8 Å². The predicted octanol–water partition coefficient (Wildman–Crippen LogP) is 2.05. The van der Waals surface area contributed by atoms with Crippen molar-refractivity contribution in [2.75, 3.05) is 19.8 Å². The summed E-state index contributed by atoms with van der Waals surface area (Å²) in [6.45, 7) is 2.55. The Morgan fingerprint density at radius 1 is 0.947 bits per heavy atom. The summed E-state index contributed by atoms with van der Waals surface area (Å²) >= 11 is 0. The summed E-state index contributed by atoms with van der Waals surface area (Å²) in [4.78, 5) is 0. The Bertz CT molecular complexity index is 313. The van der Waals surface area contributed by atoms with Gasteiger partial charge in [-0.2, -0.15) is 0 Å². The van der Waals surface area contributed by atoms with E-state index in [1.54, 1.807) is 0 Å². The van der Waals surface area contributed by atoms with Crippen molar-refractivity contribution in [3.63, 3.8) is 0 Å². The highest BCUT2D eigenvalue weighted by molar-refractivity contribution is 5.10. The number of rotatable bonds is 3. The van der Waals surface area contributed by atoms with Crippen LogP contribution in [0.2, 0.25) is 0 Å². The van der Waals surface area contributed by atoms with Gasteiger partial charge in [-0.05, 0) is 69.1 Å². The molecule has 3 N–H and O–H groups in total. The second-order valence-corrected chi connectivity index (χ2v) is 7.92. The van der Waals surface area contributed by atoms with Gasteiger partial charge in [-0.3, -0.25) is 0 Å². The van der Waals surface area contributed by atoms with E-state index >= 15 is 0 Å². The Morgan fingerprint density at radius 2 is 1.47 bits per heavy atom. The Balaban J connectivity index is 1.55. The number of nitrogens with one attached hydrogen (secondary N) is 1. The molecule has 19 heavy (non-hydrogen) atoms. The van der Waals surface area contributed by atoms with Gasteiger partial charge in [0.05, 0.1) is 0 Å². The zero-order chi connectivity index (χ0) is 12.9. The lowest BCUT2D eigenvalue weighted by molar-refractivity contribution is -0.0524. The molecule has 4 bridgehead atoms. The molecular weight excluding hydrogens is 236 g/mol. The molecule has 1 saturated heterocycles. The maximum absolute atomic E-state index is 6.15. The van der Waals surface area contributed by atoms with Gasteiger partial charge in [0.1, 0.15) is 0 Å². The Labute approximate surface area is 116 Å². The average Bonchev–Trinajstić information content (AvgIpc) is 2.37. The van der Waals surface area contributed by atoms with Crippen molar-refractivity contribution in [1.82, 2.24) is 5.32 Å². The fraction of sp³-hybridized carbons (Fsp3) is 1.00. The molecule has 5 fully saturated rings. The molecule has 0 amide bonds. The SMILES string of the molecule is NCC1(NC23CC4CC(CC(C4)C2)C3)CCOCC1. The maximum atomic E-state index is 6.15. The van der Waals surface area contributed by atoms with E-state index in [9.17, 15) is 0 Å². The Morgan fingerprint density at radius 3 is 1.95 bits per heavy atom. The zero-order valence-corrected chi connectivity index (χ0v) is 12.0. The van der Waals surface area contributed by atoms with Gasteiger partial charge in [-0.25, -0.2) is 0 Å². The molecule has 1 aliphatic heterocycles. The lowest BCUT2D eigenvalue weighted by Crippen LogP contribution is -2.68. The van der Waals surface area contributed by atoms with Crippen LogP contribution in [-0.2, 0) is 4.74 Å². The van der Waals surface area contributed by atoms with Gasteiger partial charge >= 0.3 is 0 Å². The highest BCUT2D eigenvalue weighted by Crippen LogP contribution is 2.56. The lowest BCUT2D eigenvalue weighted by Gasteiger charge is -2.60. The van der Waals surface area contributed by atoms with Gasteiger partial charge in [-0.15, -0.1) is 0 Å². The van der Waals surface area contributed by atoms with E-state index in [1.165, 1.54) is 38.5 Å². The van der Waals surface area contributed by atoms with Gasteiger partial charge in [0.25, 0.3) is 0 Å². The molecule has 3 heteroatoms. The third-order valence-corrected chi connectivity index (χ3v) is 6.41. The maximum Gasteiger partial charge on any atom is 0.0484 e. The van der Waals surface area contributed by atoms with E-state index in [1.807, 2.05) is 0 Å². The standard InChI is InChI=1S/C16H28N2O/c17-11-15(1-3-19-4-2-15)18-16-8-12-5-13(9-16)7-14(6-12)10-16/h12-14,18H,1-11,17H2. The van der Waals surface area contributed by atoms with Gasteiger partial charge in [0.15, 0.2) is 0 Å². The molecule has 4 aliphatic carbocycles. The summed E-state index contributed by atoms with van der Waals surface area (Å²) in [5.74, 6) is 3.02. The van der Waals surface area contributed by atoms with Crippen LogP contribution in [0.1, 0.15) is 51.4 Å². The molecule has 0 unspecified atom stereocenters. The predicted molar refractivity (Wildman–Crippen MR) is 75.9 cm³/mol. The van der Waals surface area contributed by atoms with Gasteiger partial charge in [-0.1, -0.05) is 0 Å². The number of hydrogen-bond donors (Lipinski definition) is 2. The van der Waals surface area contributed by atoms with Crippen LogP contribution in [0.15, 0.2) is 0 Å². The quantitative estimate of drug-likeness (QED) is 0.820. The second kappa shape index (κ2) is 4.44. The van der Waals surface area contributed by atoms with E-state index in [0.717, 1.165) is 50.4 Å². The fourth-order valence-corrected chi connectivity index (χ4v) is 5.97. The molecule has 5 aliphatic rings. The first-order valence-electron chi connectivity index (χ1n) is 8.28. The van der Waals surface area contributed by atoms with Crippen molar-refractivity contribution in [2.45, 2.75) is 62.4 Å².